The van der Waals surface area contributed by atoms with Crippen molar-refractivity contribution in [2.24, 2.45) is 0 Å². The smallest absolute Gasteiger partial charge is 0.396 e. The average Bonchev–Trinajstić information content (AvgIpc) is 2.90. The summed E-state index contributed by atoms with van der Waals surface area (Å²) in [5, 5.41) is 10.1. The van der Waals surface area contributed by atoms with Gasteiger partial charge in [-0.25, -0.2) is 4.98 Å². The molecule has 0 fully saturated rings. The Hall–Kier alpha value is -1.40. The first-order chi connectivity index (χ1) is 9.99. The number of hydrogen-bond acceptors (Lipinski definition) is 3. The van der Waals surface area contributed by atoms with E-state index in [1.54, 1.807) is 0 Å². The predicted octanol–water partition coefficient (Wildman–Crippen LogP) is 4.24. The van der Waals surface area contributed by atoms with Crippen LogP contribution in [-0.2, 0) is 12.6 Å². The van der Waals surface area contributed by atoms with Crippen LogP contribution in [0.3, 0.4) is 0 Å². The van der Waals surface area contributed by atoms with Crippen molar-refractivity contribution in [2.75, 3.05) is 6.61 Å². The van der Waals surface area contributed by atoms with Gasteiger partial charge >= 0.3 is 6.18 Å². The lowest BCUT2D eigenvalue weighted by Gasteiger charge is -2.18. The maximum atomic E-state index is 12.6. The van der Waals surface area contributed by atoms with Gasteiger partial charge in [-0.15, -0.1) is 11.3 Å². The van der Waals surface area contributed by atoms with E-state index in [0.717, 1.165) is 47.0 Å². The maximum Gasteiger partial charge on any atom is 0.416 e. The van der Waals surface area contributed by atoms with Gasteiger partial charge in [0, 0.05) is 16.4 Å². The number of aryl methyl sites for hydroxylation is 1. The molecular weight excluding hydrogens is 299 g/mol. The van der Waals surface area contributed by atoms with Crippen molar-refractivity contribution in [1.82, 2.24) is 4.98 Å². The molecule has 1 aromatic heterocycles. The van der Waals surface area contributed by atoms with Crippen LogP contribution < -0.4 is 0 Å². The number of benzene rings is 1. The number of thiazole rings is 1. The Morgan fingerprint density at radius 3 is 2.57 bits per heavy atom. The van der Waals surface area contributed by atoms with Gasteiger partial charge in [-0.05, 0) is 31.4 Å². The van der Waals surface area contributed by atoms with E-state index in [1.165, 1.54) is 23.5 Å². The molecule has 0 aliphatic heterocycles. The molecule has 112 valence electrons. The summed E-state index contributed by atoms with van der Waals surface area (Å²) in [4.78, 5) is 5.69. The van der Waals surface area contributed by atoms with Crippen LogP contribution in [0.1, 0.15) is 34.9 Å². The molecule has 0 radical (unpaired) electrons. The summed E-state index contributed by atoms with van der Waals surface area (Å²) < 4.78 is 37.7. The second-order valence-electron chi connectivity index (χ2n) is 5.17. The Bertz CT molecular complexity index is 633. The average molecular weight is 313 g/mol. The number of nitrogens with zero attached hydrogens (tertiary/aromatic N) is 1. The van der Waals surface area contributed by atoms with E-state index in [4.69, 9.17) is 0 Å². The lowest BCUT2D eigenvalue weighted by atomic mass is 9.92. The van der Waals surface area contributed by atoms with Crippen LogP contribution in [0.4, 0.5) is 13.2 Å². The van der Waals surface area contributed by atoms with Crippen LogP contribution in [-0.4, -0.2) is 16.7 Å². The van der Waals surface area contributed by atoms with Crippen LogP contribution >= 0.6 is 11.3 Å². The number of aliphatic hydroxyl groups excluding tert-OH is 1. The molecule has 1 aromatic carbocycles. The van der Waals surface area contributed by atoms with Gasteiger partial charge in [0.25, 0.3) is 0 Å². The molecule has 1 heterocycles. The third-order valence-corrected chi connectivity index (χ3v) is 4.93. The van der Waals surface area contributed by atoms with Gasteiger partial charge in [0.1, 0.15) is 5.01 Å². The number of aliphatic hydroxyl groups is 1. The molecule has 0 spiro atoms. The summed E-state index contributed by atoms with van der Waals surface area (Å²) in [6.45, 7) is 0.0726. The lowest BCUT2D eigenvalue weighted by molar-refractivity contribution is -0.137. The van der Waals surface area contributed by atoms with E-state index in [0.29, 0.717) is 5.56 Å². The molecule has 1 unspecified atom stereocenters. The molecule has 21 heavy (non-hydrogen) atoms. The molecule has 0 saturated heterocycles. The lowest BCUT2D eigenvalue weighted by Crippen LogP contribution is -2.11. The highest BCUT2D eigenvalue weighted by molar-refractivity contribution is 7.15. The molecule has 6 heteroatoms. The normalized spacial score (nSPS) is 18.6. The minimum Gasteiger partial charge on any atom is -0.396 e. The number of hydrogen-bond donors (Lipinski definition) is 1. The number of rotatable bonds is 2. The first kappa shape index (κ1) is 14.5. The Morgan fingerprint density at radius 2 is 1.95 bits per heavy atom. The highest BCUT2D eigenvalue weighted by atomic mass is 32.1. The highest BCUT2D eigenvalue weighted by Crippen LogP contribution is 2.38. The van der Waals surface area contributed by atoms with E-state index < -0.39 is 11.7 Å². The number of halogens is 3. The third kappa shape index (κ3) is 2.82. The summed E-state index contributed by atoms with van der Waals surface area (Å²) in [5.74, 6) is 0.0631. The van der Waals surface area contributed by atoms with E-state index in [9.17, 15) is 18.3 Å². The summed E-state index contributed by atoms with van der Waals surface area (Å²) >= 11 is 1.52. The molecule has 1 N–H and O–H groups in total. The number of alkyl halides is 3. The fraction of sp³-hybridized carbons (Fsp3) is 0.400. The SMILES string of the molecule is OCC1CCCc2sc(-c3ccc(C(F)(F)F)cc3)nc21. The Kier molecular flexibility index (Phi) is 3.75. The molecule has 0 saturated carbocycles. The van der Waals surface area contributed by atoms with Crippen LogP contribution in [0, 0.1) is 0 Å². The van der Waals surface area contributed by atoms with Crippen molar-refractivity contribution in [3.63, 3.8) is 0 Å². The summed E-state index contributed by atoms with van der Waals surface area (Å²) in [7, 11) is 0. The topological polar surface area (TPSA) is 33.1 Å². The van der Waals surface area contributed by atoms with Crippen LogP contribution in [0.25, 0.3) is 10.6 Å². The molecule has 2 aromatic rings. The predicted molar refractivity (Wildman–Crippen MR) is 75.3 cm³/mol. The Labute approximate surface area is 124 Å². The molecule has 2 nitrogen and oxygen atoms in total. The Balaban J connectivity index is 1.93. The van der Waals surface area contributed by atoms with E-state index in [-0.39, 0.29) is 12.5 Å². The summed E-state index contributed by atoms with van der Waals surface area (Å²) in [5.41, 5.74) is 0.962. The van der Waals surface area contributed by atoms with Crippen molar-refractivity contribution < 1.29 is 18.3 Å². The van der Waals surface area contributed by atoms with Crippen molar-refractivity contribution in [3.8, 4) is 10.6 Å². The first-order valence-electron chi connectivity index (χ1n) is 6.77. The van der Waals surface area contributed by atoms with Gasteiger partial charge in [-0.2, -0.15) is 13.2 Å². The molecule has 1 aliphatic rings. The minimum atomic E-state index is -4.32. The summed E-state index contributed by atoms with van der Waals surface area (Å²) in [6, 6.07) is 5.08. The van der Waals surface area contributed by atoms with E-state index in [2.05, 4.69) is 4.98 Å². The number of aromatic nitrogens is 1. The van der Waals surface area contributed by atoms with Gasteiger partial charge in [0.15, 0.2) is 0 Å². The first-order valence-corrected chi connectivity index (χ1v) is 7.59. The highest BCUT2D eigenvalue weighted by Gasteiger charge is 2.30. The fourth-order valence-corrected chi connectivity index (χ4v) is 3.80. The molecule has 0 bridgehead atoms. The largest absolute Gasteiger partial charge is 0.416 e. The molecule has 3 rings (SSSR count). The molecule has 1 atom stereocenters. The zero-order valence-electron chi connectivity index (χ0n) is 11.2. The van der Waals surface area contributed by atoms with Crippen LogP contribution in [0.15, 0.2) is 24.3 Å². The van der Waals surface area contributed by atoms with Gasteiger partial charge in [0.2, 0.25) is 0 Å². The zero-order chi connectivity index (χ0) is 15.0. The van der Waals surface area contributed by atoms with Crippen molar-refractivity contribution in [2.45, 2.75) is 31.4 Å². The van der Waals surface area contributed by atoms with Gasteiger partial charge in [-0.3, -0.25) is 0 Å². The van der Waals surface area contributed by atoms with Crippen molar-refractivity contribution in [1.29, 1.82) is 0 Å². The quantitative estimate of drug-likeness (QED) is 0.899. The zero-order valence-corrected chi connectivity index (χ0v) is 12.0. The van der Waals surface area contributed by atoms with E-state index >= 15 is 0 Å². The monoisotopic (exact) mass is 313 g/mol. The third-order valence-electron chi connectivity index (χ3n) is 3.75. The van der Waals surface area contributed by atoms with Crippen LogP contribution in [0.2, 0.25) is 0 Å². The second-order valence-corrected chi connectivity index (χ2v) is 6.26. The van der Waals surface area contributed by atoms with Crippen LogP contribution in [0.5, 0.6) is 0 Å². The minimum absolute atomic E-state index is 0.0631. The van der Waals surface area contributed by atoms with Crippen molar-refractivity contribution in [3.05, 3.63) is 40.4 Å². The Morgan fingerprint density at radius 1 is 1.24 bits per heavy atom. The van der Waals surface area contributed by atoms with Crippen molar-refractivity contribution >= 4 is 11.3 Å². The maximum absolute atomic E-state index is 12.6. The number of fused-ring (bicyclic) bond motifs is 1. The standard InChI is InChI=1S/C15H14F3NOS/c16-15(17,18)11-6-4-9(5-7-11)14-19-13-10(8-20)2-1-3-12(13)21-14/h4-7,10,20H,1-3,8H2. The van der Waals surface area contributed by atoms with Gasteiger partial charge in [-0.1, -0.05) is 12.1 Å². The molecular formula is C15H14F3NOS. The summed E-state index contributed by atoms with van der Waals surface area (Å²) in [6.07, 6.45) is -1.45. The van der Waals surface area contributed by atoms with Gasteiger partial charge in [0.05, 0.1) is 17.9 Å². The molecule has 1 aliphatic carbocycles. The fourth-order valence-electron chi connectivity index (χ4n) is 2.61. The molecule has 0 amide bonds. The van der Waals surface area contributed by atoms with E-state index in [1.807, 2.05) is 0 Å². The second kappa shape index (κ2) is 5.42. The van der Waals surface area contributed by atoms with Gasteiger partial charge < -0.3 is 5.11 Å².